The van der Waals surface area contributed by atoms with E-state index in [1.165, 1.54) is 7.11 Å². The number of para-hydroxylation sites is 2. The van der Waals surface area contributed by atoms with E-state index in [0.29, 0.717) is 28.6 Å². The van der Waals surface area contributed by atoms with E-state index in [0.717, 1.165) is 5.39 Å². The molecule has 3 rings (SSSR count). The quantitative estimate of drug-likeness (QED) is 0.789. The number of hydrogen-bond acceptors (Lipinski definition) is 5. The number of carbonyl (C=O) groups excluding carboxylic acids is 1. The zero-order chi connectivity index (χ0) is 16.9. The highest BCUT2D eigenvalue weighted by Gasteiger charge is 2.14. The highest BCUT2D eigenvalue weighted by Crippen LogP contribution is 2.33. The van der Waals surface area contributed by atoms with Crippen molar-refractivity contribution in [2.24, 2.45) is 0 Å². The lowest BCUT2D eigenvalue weighted by Crippen LogP contribution is -2.16. The van der Waals surface area contributed by atoms with E-state index in [1.807, 2.05) is 24.3 Å². The Hall–Kier alpha value is -3.28. The first-order valence-electron chi connectivity index (χ1n) is 7.27. The predicted molar refractivity (Wildman–Crippen MR) is 90.9 cm³/mol. The van der Waals surface area contributed by atoms with Crippen LogP contribution in [-0.2, 0) is 0 Å². The molecule has 0 radical (unpaired) electrons. The molecule has 24 heavy (non-hydrogen) atoms. The van der Waals surface area contributed by atoms with Crippen LogP contribution < -0.4 is 19.5 Å². The summed E-state index contributed by atoms with van der Waals surface area (Å²) < 4.78 is 15.9. The van der Waals surface area contributed by atoms with Gasteiger partial charge in [0.25, 0.3) is 0 Å². The summed E-state index contributed by atoms with van der Waals surface area (Å²) in [6, 6.07) is 16.0. The number of fused-ring (bicyclic) bond motifs is 1. The van der Waals surface area contributed by atoms with E-state index in [1.54, 1.807) is 37.4 Å². The zero-order valence-corrected chi connectivity index (χ0v) is 13.3. The van der Waals surface area contributed by atoms with Gasteiger partial charge in [-0.1, -0.05) is 24.3 Å². The molecule has 0 spiro atoms. The summed E-state index contributed by atoms with van der Waals surface area (Å²) in [5.74, 6) is 1.28. The largest absolute Gasteiger partial charge is 0.496 e. The highest BCUT2D eigenvalue weighted by atomic mass is 16.6. The molecule has 2 aromatic carbocycles. The second-order valence-corrected chi connectivity index (χ2v) is 4.90. The van der Waals surface area contributed by atoms with Crippen LogP contribution in [0, 0.1) is 0 Å². The molecule has 1 heterocycles. The molecule has 6 heteroatoms. The summed E-state index contributed by atoms with van der Waals surface area (Å²) in [4.78, 5) is 16.5. The van der Waals surface area contributed by atoms with Gasteiger partial charge in [-0.2, -0.15) is 0 Å². The Morgan fingerprint density at radius 2 is 1.75 bits per heavy atom. The number of rotatable bonds is 4. The molecule has 0 saturated heterocycles. The molecule has 0 aliphatic heterocycles. The lowest BCUT2D eigenvalue weighted by molar-refractivity contribution is 0.215. The van der Waals surface area contributed by atoms with Crippen molar-refractivity contribution >= 4 is 22.7 Å². The first-order valence-corrected chi connectivity index (χ1v) is 7.27. The van der Waals surface area contributed by atoms with E-state index >= 15 is 0 Å². The summed E-state index contributed by atoms with van der Waals surface area (Å²) in [6.45, 7) is 0. The number of aromatic nitrogens is 1. The van der Waals surface area contributed by atoms with Crippen LogP contribution in [0.4, 0.5) is 10.5 Å². The van der Waals surface area contributed by atoms with Crippen molar-refractivity contribution in [2.45, 2.75) is 0 Å². The molecule has 0 atom stereocenters. The van der Waals surface area contributed by atoms with Gasteiger partial charge in [0.05, 0.1) is 14.2 Å². The van der Waals surface area contributed by atoms with Crippen LogP contribution in [0.3, 0.4) is 0 Å². The van der Waals surface area contributed by atoms with Gasteiger partial charge in [0.2, 0.25) is 5.88 Å². The Kier molecular flexibility index (Phi) is 4.47. The first kappa shape index (κ1) is 15.6. The van der Waals surface area contributed by atoms with Gasteiger partial charge >= 0.3 is 6.09 Å². The highest BCUT2D eigenvalue weighted by molar-refractivity contribution is 5.94. The van der Waals surface area contributed by atoms with Gasteiger partial charge in [0, 0.05) is 17.1 Å². The van der Waals surface area contributed by atoms with Gasteiger partial charge in [-0.15, -0.1) is 0 Å². The molecule has 0 saturated carbocycles. The normalized spacial score (nSPS) is 10.2. The fraction of sp³-hybridized carbons (Fsp3) is 0.111. The lowest BCUT2D eigenvalue weighted by Gasteiger charge is -2.11. The van der Waals surface area contributed by atoms with Crippen LogP contribution in [-0.4, -0.2) is 25.3 Å². The summed E-state index contributed by atoms with van der Waals surface area (Å²) in [7, 11) is 3.07. The van der Waals surface area contributed by atoms with E-state index in [-0.39, 0.29) is 0 Å². The van der Waals surface area contributed by atoms with Crippen molar-refractivity contribution < 1.29 is 19.0 Å². The summed E-state index contributed by atoms with van der Waals surface area (Å²) in [5, 5.41) is 3.39. The number of benzene rings is 2. The van der Waals surface area contributed by atoms with Crippen molar-refractivity contribution in [1.82, 2.24) is 4.98 Å². The van der Waals surface area contributed by atoms with Crippen molar-refractivity contribution in [3.63, 3.8) is 0 Å². The number of nitrogens with zero attached hydrogens (tertiary/aromatic N) is 1. The molecule has 0 unspecified atom stereocenters. The second-order valence-electron chi connectivity index (χ2n) is 4.90. The molecule has 0 fully saturated rings. The molecule has 0 aliphatic rings. The van der Waals surface area contributed by atoms with Crippen molar-refractivity contribution in [1.29, 1.82) is 0 Å². The number of anilines is 1. The maximum atomic E-state index is 12.1. The van der Waals surface area contributed by atoms with Crippen LogP contribution in [0.2, 0.25) is 0 Å². The Bertz CT molecular complexity index is 866. The van der Waals surface area contributed by atoms with E-state index < -0.39 is 6.09 Å². The number of hydrogen-bond donors (Lipinski definition) is 1. The maximum Gasteiger partial charge on any atom is 0.417 e. The molecule has 0 aliphatic carbocycles. The number of methoxy groups -OCH3 is 2. The summed E-state index contributed by atoms with van der Waals surface area (Å²) in [5.41, 5.74) is 1.13. The SMILES string of the molecule is COc1cc(OC)c2cccc(OC(=O)Nc3ccccc3)c2n1. The van der Waals surface area contributed by atoms with Crippen LogP contribution in [0.15, 0.2) is 54.6 Å². The van der Waals surface area contributed by atoms with Gasteiger partial charge in [-0.3, -0.25) is 5.32 Å². The minimum absolute atomic E-state index is 0.318. The smallest absolute Gasteiger partial charge is 0.417 e. The molecule has 0 bridgehead atoms. The number of ether oxygens (including phenoxy) is 3. The van der Waals surface area contributed by atoms with Crippen LogP contribution >= 0.6 is 0 Å². The molecule has 6 nitrogen and oxygen atoms in total. The van der Waals surface area contributed by atoms with Crippen LogP contribution in [0.5, 0.6) is 17.4 Å². The van der Waals surface area contributed by atoms with Crippen LogP contribution in [0.1, 0.15) is 0 Å². The van der Waals surface area contributed by atoms with E-state index in [2.05, 4.69) is 10.3 Å². The molecular weight excluding hydrogens is 308 g/mol. The average molecular weight is 324 g/mol. The van der Waals surface area contributed by atoms with Gasteiger partial charge in [-0.25, -0.2) is 9.78 Å². The van der Waals surface area contributed by atoms with Crippen molar-refractivity contribution in [3.05, 3.63) is 54.6 Å². The molecule has 1 amide bonds. The fourth-order valence-electron chi connectivity index (χ4n) is 2.29. The minimum atomic E-state index is -0.600. The zero-order valence-electron chi connectivity index (χ0n) is 13.3. The molecule has 1 aromatic heterocycles. The average Bonchev–Trinajstić information content (AvgIpc) is 2.62. The van der Waals surface area contributed by atoms with E-state index in [9.17, 15) is 4.79 Å². The number of carbonyl (C=O) groups is 1. The Labute approximate surface area is 139 Å². The number of nitrogens with one attached hydrogen (secondary N) is 1. The van der Waals surface area contributed by atoms with Gasteiger partial charge in [0.15, 0.2) is 5.75 Å². The lowest BCUT2D eigenvalue weighted by atomic mass is 10.2. The van der Waals surface area contributed by atoms with Crippen molar-refractivity contribution in [3.8, 4) is 17.4 Å². The monoisotopic (exact) mass is 324 g/mol. The summed E-state index contributed by atoms with van der Waals surface area (Å²) >= 11 is 0. The minimum Gasteiger partial charge on any atom is -0.496 e. The second kappa shape index (κ2) is 6.87. The predicted octanol–water partition coefficient (Wildman–Crippen LogP) is 3.86. The van der Waals surface area contributed by atoms with Gasteiger partial charge in [-0.05, 0) is 24.3 Å². The third-order valence-corrected chi connectivity index (χ3v) is 3.39. The summed E-state index contributed by atoms with van der Waals surface area (Å²) in [6.07, 6.45) is -0.600. The fourth-order valence-corrected chi connectivity index (χ4v) is 2.29. The Morgan fingerprint density at radius 1 is 0.958 bits per heavy atom. The maximum absolute atomic E-state index is 12.1. The number of amides is 1. The molecule has 3 aromatic rings. The van der Waals surface area contributed by atoms with E-state index in [4.69, 9.17) is 14.2 Å². The van der Waals surface area contributed by atoms with Gasteiger partial charge in [0.1, 0.15) is 11.3 Å². The third kappa shape index (κ3) is 3.22. The van der Waals surface area contributed by atoms with Crippen molar-refractivity contribution in [2.75, 3.05) is 19.5 Å². The Balaban J connectivity index is 1.93. The number of pyridine rings is 1. The molecule has 122 valence electrons. The van der Waals surface area contributed by atoms with Crippen LogP contribution in [0.25, 0.3) is 10.9 Å². The Morgan fingerprint density at radius 3 is 2.46 bits per heavy atom. The topological polar surface area (TPSA) is 69.7 Å². The standard InChI is InChI=1S/C18H16N2O4/c1-22-15-11-16(23-2)20-17-13(15)9-6-10-14(17)24-18(21)19-12-7-4-3-5-8-12/h3-11H,1-2H3,(H,19,21). The molecular formula is C18H16N2O4. The third-order valence-electron chi connectivity index (χ3n) is 3.39. The molecule has 1 N–H and O–H groups in total. The first-order chi connectivity index (χ1) is 11.7. The van der Waals surface area contributed by atoms with Gasteiger partial charge < -0.3 is 14.2 Å².